The van der Waals surface area contributed by atoms with Gasteiger partial charge in [-0.1, -0.05) is 6.07 Å². The van der Waals surface area contributed by atoms with Gasteiger partial charge in [-0.05, 0) is 36.6 Å². The Morgan fingerprint density at radius 1 is 1.26 bits per heavy atom. The lowest BCUT2D eigenvalue weighted by atomic mass is 9.92. The Labute approximate surface area is 132 Å². The Hall–Kier alpha value is -2.24. The Kier molecular flexibility index (Phi) is 4.15. The molecule has 0 fully saturated rings. The van der Waals surface area contributed by atoms with Gasteiger partial charge in [0, 0.05) is 23.9 Å². The van der Waals surface area contributed by atoms with Gasteiger partial charge in [0.25, 0.3) is 0 Å². The van der Waals surface area contributed by atoms with Crippen molar-refractivity contribution in [3.63, 3.8) is 0 Å². The number of rotatable bonds is 3. The van der Waals surface area contributed by atoms with Crippen molar-refractivity contribution in [2.24, 2.45) is 5.92 Å². The molecule has 3 nitrogen and oxygen atoms in total. The highest BCUT2D eigenvalue weighted by Crippen LogP contribution is 2.33. The number of pyridine rings is 1. The molecule has 3 rings (SSSR count). The molecule has 0 unspecified atom stereocenters. The van der Waals surface area contributed by atoms with Gasteiger partial charge in [-0.15, -0.1) is 0 Å². The Morgan fingerprint density at radius 3 is 2.83 bits per heavy atom. The molecule has 6 heteroatoms. The van der Waals surface area contributed by atoms with E-state index in [1.54, 1.807) is 7.11 Å². The number of methoxy groups -OCH3 is 1. The molecule has 2 heterocycles. The highest BCUT2D eigenvalue weighted by atomic mass is 19.4. The monoisotopic (exact) mass is 323 g/mol. The molecule has 1 atom stereocenters. The van der Waals surface area contributed by atoms with Crippen LogP contribution in [0.2, 0.25) is 0 Å². The summed E-state index contributed by atoms with van der Waals surface area (Å²) in [5.41, 5.74) is 0.809. The van der Waals surface area contributed by atoms with E-state index in [4.69, 9.17) is 9.47 Å². The quantitative estimate of drug-likeness (QED) is 0.858. The van der Waals surface area contributed by atoms with Crippen LogP contribution in [-0.2, 0) is 19.0 Å². The summed E-state index contributed by atoms with van der Waals surface area (Å²) in [6, 6.07) is 7.72. The molecule has 1 aliphatic rings. The third-order valence-electron chi connectivity index (χ3n) is 3.90. The predicted octanol–water partition coefficient (Wildman–Crippen LogP) is 3.90. The van der Waals surface area contributed by atoms with Gasteiger partial charge in [-0.2, -0.15) is 13.2 Å². The fourth-order valence-electron chi connectivity index (χ4n) is 2.74. The minimum atomic E-state index is -4.34. The van der Waals surface area contributed by atoms with Crippen LogP contribution < -0.4 is 9.47 Å². The lowest BCUT2D eigenvalue weighted by Gasteiger charge is -2.25. The van der Waals surface area contributed by atoms with Crippen molar-refractivity contribution in [3.8, 4) is 11.5 Å². The third-order valence-corrected chi connectivity index (χ3v) is 3.90. The molecular formula is C17H16F3NO2. The van der Waals surface area contributed by atoms with Crippen LogP contribution in [0.1, 0.15) is 16.8 Å². The molecule has 0 bridgehead atoms. The first kappa shape index (κ1) is 15.6. The SMILES string of the molecule is COc1ccc2c(c1)OC[C@H](Cc1cc(C(F)(F)F)ccn1)C2. The lowest BCUT2D eigenvalue weighted by Crippen LogP contribution is -2.23. The first-order chi connectivity index (χ1) is 11.0. The Bertz CT molecular complexity index is 700. The van der Waals surface area contributed by atoms with E-state index in [1.807, 2.05) is 18.2 Å². The zero-order valence-corrected chi connectivity index (χ0v) is 12.6. The third kappa shape index (κ3) is 3.57. The van der Waals surface area contributed by atoms with Crippen molar-refractivity contribution in [3.05, 3.63) is 53.3 Å². The summed E-state index contributed by atoms with van der Waals surface area (Å²) in [5, 5.41) is 0. The summed E-state index contributed by atoms with van der Waals surface area (Å²) in [6.07, 6.45) is -1.93. The van der Waals surface area contributed by atoms with Crippen molar-refractivity contribution in [1.82, 2.24) is 4.98 Å². The van der Waals surface area contributed by atoms with Gasteiger partial charge in [-0.25, -0.2) is 0 Å². The average Bonchev–Trinajstić information content (AvgIpc) is 2.54. The van der Waals surface area contributed by atoms with Crippen LogP contribution >= 0.6 is 0 Å². The van der Waals surface area contributed by atoms with Crippen molar-refractivity contribution >= 4 is 0 Å². The number of hydrogen-bond donors (Lipinski definition) is 0. The van der Waals surface area contributed by atoms with Gasteiger partial charge in [-0.3, -0.25) is 4.98 Å². The van der Waals surface area contributed by atoms with E-state index in [-0.39, 0.29) is 5.92 Å². The average molecular weight is 323 g/mol. The minimum absolute atomic E-state index is 0.104. The molecule has 1 aromatic heterocycles. The number of nitrogens with zero attached hydrogens (tertiary/aromatic N) is 1. The van der Waals surface area contributed by atoms with Crippen LogP contribution in [0.15, 0.2) is 36.5 Å². The zero-order chi connectivity index (χ0) is 16.4. The number of aromatic nitrogens is 1. The van der Waals surface area contributed by atoms with Crippen LogP contribution in [0.5, 0.6) is 11.5 Å². The number of benzene rings is 1. The molecule has 1 aromatic carbocycles. The largest absolute Gasteiger partial charge is 0.497 e. The standard InChI is InChI=1S/C17H16F3NO2/c1-22-15-3-2-12-6-11(10-23-16(12)9-15)7-14-8-13(4-5-21-14)17(18,19)20/h2-5,8-9,11H,6-7,10H2,1H3/t11-/m0/s1. The molecule has 23 heavy (non-hydrogen) atoms. The molecule has 0 N–H and O–H groups in total. The molecule has 0 amide bonds. The van der Waals surface area contributed by atoms with Gasteiger partial charge < -0.3 is 9.47 Å². The number of alkyl halides is 3. The second-order valence-corrected chi connectivity index (χ2v) is 5.59. The van der Waals surface area contributed by atoms with E-state index in [0.29, 0.717) is 18.7 Å². The van der Waals surface area contributed by atoms with Crippen molar-refractivity contribution in [1.29, 1.82) is 0 Å². The summed E-state index contributed by atoms with van der Waals surface area (Å²) < 4.78 is 49.1. The maximum atomic E-state index is 12.8. The first-order valence-electron chi connectivity index (χ1n) is 7.27. The summed E-state index contributed by atoms with van der Waals surface area (Å²) in [6.45, 7) is 0.456. The minimum Gasteiger partial charge on any atom is -0.497 e. The number of halogens is 3. The summed E-state index contributed by atoms with van der Waals surface area (Å²) in [5.74, 6) is 1.60. The number of ether oxygens (including phenoxy) is 2. The van der Waals surface area contributed by atoms with Gasteiger partial charge in [0.05, 0.1) is 19.3 Å². The normalized spacial score (nSPS) is 17.3. The topological polar surface area (TPSA) is 31.4 Å². The second kappa shape index (κ2) is 6.10. The smallest absolute Gasteiger partial charge is 0.416 e. The van der Waals surface area contributed by atoms with E-state index in [9.17, 15) is 13.2 Å². The highest BCUT2D eigenvalue weighted by molar-refractivity contribution is 5.42. The molecule has 1 aliphatic heterocycles. The van der Waals surface area contributed by atoms with Gasteiger partial charge in [0.2, 0.25) is 0 Å². The van der Waals surface area contributed by atoms with Gasteiger partial charge >= 0.3 is 6.18 Å². The molecule has 122 valence electrons. The van der Waals surface area contributed by atoms with Crippen molar-refractivity contribution in [2.75, 3.05) is 13.7 Å². The van der Waals surface area contributed by atoms with E-state index >= 15 is 0 Å². The summed E-state index contributed by atoms with van der Waals surface area (Å²) >= 11 is 0. The lowest BCUT2D eigenvalue weighted by molar-refractivity contribution is -0.137. The molecular weight excluding hydrogens is 307 g/mol. The number of fused-ring (bicyclic) bond motifs is 1. The summed E-state index contributed by atoms with van der Waals surface area (Å²) in [7, 11) is 1.59. The van der Waals surface area contributed by atoms with Gasteiger partial charge in [0.15, 0.2) is 0 Å². The summed E-state index contributed by atoms with van der Waals surface area (Å²) in [4.78, 5) is 4.05. The maximum absolute atomic E-state index is 12.8. The van der Waals surface area contributed by atoms with Crippen LogP contribution in [0.4, 0.5) is 13.2 Å². The van der Waals surface area contributed by atoms with Crippen LogP contribution in [0.25, 0.3) is 0 Å². The molecule has 2 aromatic rings. The first-order valence-corrected chi connectivity index (χ1v) is 7.27. The molecule has 0 aliphatic carbocycles. The fourth-order valence-corrected chi connectivity index (χ4v) is 2.74. The van der Waals surface area contributed by atoms with Crippen LogP contribution in [0.3, 0.4) is 0 Å². The van der Waals surface area contributed by atoms with E-state index in [2.05, 4.69) is 4.98 Å². The second-order valence-electron chi connectivity index (χ2n) is 5.59. The van der Waals surface area contributed by atoms with Crippen LogP contribution in [0, 0.1) is 5.92 Å². The Morgan fingerprint density at radius 2 is 2.09 bits per heavy atom. The fraction of sp³-hybridized carbons (Fsp3) is 0.353. The number of hydrogen-bond acceptors (Lipinski definition) is 3. The van der Waals surface area contributed by atoms with Gasteiger partial charge in [0.1, 0.15) is 11.5 Å². The maximum Gasteiger partial charge on any atom is 0.416 e. The molecule has 0 radical (unpaired) electrons. The molecule has 0 saturated carbocycles. The highest BCUT2D eigenvalue weighted by Gasteiger charge is 2.31. The van der Waals surface area contributed by atoms with Crippen LogP contribution in [-0.4, -0.2) is 18.7 Å². The molecule has 0 spiro atoms. The van der Waals surface area contributed by atoms with E-state index < -0.39 is 11.7 Å². The predicted molar refractivity (Wildman–Crippen MR) is 78.6 cm³/mol. The zero-order valence-electron chi connectivity index (χ0n) is 12.6. The van der Waals surface area contributed by atoms with Crippen molar-refractivity contribution < 1.29 is 22.6 Å². The van der Waals surface area contributed by atoms with Crippen molar-refractivity contribution in [2.45, 2.75) is 19.0 Å². The van der Waals surface area contributed by atoms with E-state index in [0.717, 1.165) is 35.6 Å². The van der Waals surface area contributed by atoms with E-state index in [1.165, 1.54) is 6.20 Å². The molecule has 0 saturated heterocycles. The Balaban J connectivity index is 1.72.